The predicted molar refractivity (Wildman–Crippen MR) is 70.0 cm³/mol. The highest BCUT2D eigenvalue weighted by atomic mass is 16.3. The molecule has 0 aliphatic heterocycles. The summed E-state index contributed by atoms with van der Waals surface area (Å²) in [4.78, 5) is 0. The van der Waals surface area contributed by atoms with E-state index in [1.54, 1.807) is 0 Å². The fourth-order valence-corrected chi connectivity index (χ4v) is 2.68. The Balaban J connectivity index is 2.26. The maximum atomic E-state index is 10.2. The topological polar surface area (TPSA) is 20.2 Å². The molecular formula is C16H16O. The number of hydrogen-bond acceptors (Lipinski definition) is 1. The lowest BCUT2D eigenvalue weighted by Crippen LogP contribution is -2.11. The van der Waals surface area contributed by atoms with Gasteiger partial charge >= 0.3 is 0 Å². The summed E-state index contributed by atoms with van der Waals surface area (Å²) in [7, 11) is 0. The van der Waals surface area contributed by atoms with Crippen molar-refractivity contribution in [1.82, 2.24) is 0 Å². The lowest BCUT2D eigenvalue weighted by molar-refractivity contribution is 0.177. The van der Waals surface area contributed by atoms with E-state index in [1.807, 2.05) is 0 Å². The zero-order chi connectivity index (χ0) is 12.0. The number of rotatable bonds is 0. The molecule has 0 spiro atoms. The molecule has 3 rings (SSSR count). The molecule has 0 saturated heterocycles. The van der Waals surface area contributed by atoms with Gasteiger partial charge in [0.15, 0.2) is 0 Å². The molecule has 1 heteroatoms. The first kappa shape index (κ1) is 10.5. The second kappa shape index (κ2) is 3.71. The Morgan fingerprint density at radius 1 is 0.941 bits per heavy atom. The molecule has 1 nitrogen and oxygen atoms in total. The van der Waals surface area contributed by atoms with E-state index in [1.165, 1.54) is 27.8 Å². The van der Waals surface area contributed by atoms with Gasteiger partial charge in [0.2, 0.25) is 0 Å². The number of aryl methyl sites for hydroxylation is 2. The molecule has 1 unspecified atom stereocenters. The molecule has 0 fully saturated rings. The highest BCUT2D eigenvalue weighted by Gasteiger charge is 2.22. The Morgan fingerprint density at radius 3 is 2.35 bits per heavy atom. The number of aliphatic hydroxyl groups excluding tert-OH is 1. The molecule has 17 heavy (non-hydrogen) atoms. The Morgan fingerprint density at radius 2 is 1.59 bits per heavy atom. The van der Waals surface area contributed by atoms with Crippen molar-refractivity contribution < 1.29 is 5.11 Å². The maximum absolute atomic E-state index is 10.2. The number of fused-ring (bicyclic) bond motifs is 3. The van der Waals surface area contributed by atoms with Crippen molar-refractivity contribution in [1.29, 1.82) is 0 Å². The van der Waals surface area contributed by atoms with E-state index in [9.17, 15) is 5.11 Å². The fourth-order valence-electron chi connectivity index (χ4n) is 2.68. The fraction of sp³-hybridized carbons (Fsp3) is 0.250. The Kier molecular flexibility index (Phi) is 2.30. The average Bonchev–Trinajstić information content (AvgIpc) is 2.29. The number of hydrogen-bond donors (Lipinski definition) is 1. The van der Waals surface area contributed by atoms with Crippen LogP contribution in [-0.2, 0) is 6.42 Å². The van der Waals surface area contributed by atoms with E-state index in [4.69, 9.17) is 0 Å². The average molecular weight is 224 g/mol. The minimum atomic E-state index is -0.362. The number of aliphatic hydroxyl groups is 1. The van der Waals surface area contributed by atoms with Crippen LogP contribution in [-0.4, -0.2) is 5.11 Å². The van der Waals surface area contributed by atoms with Gasteiger partial charge in [0, 0.05) is 6.42 Å². The summed E-state index contributed by atoms with van der Waals surface area (Å²) in [6.45, 7) is 4.16. The van der Waals surface area contributed by atoms with Gasteiger partial charge in [-0.3, -0.25) is 0 Å². The van der Waals surface area contributed by atoms with Crippen molar-refractivity contribution in [2.75, 3.05) is 0 Å². The van der Waals surface area contributed by atoms with Gasteiger partial charge in [0.1, 0.15) is 0 Å². The van der Waals surface area contributed by atoms with E-state index in [0.717, 1.165) is 12.0 Å². The summed E-state index contributed by atoms with van der Waals surface area (Å²) in [5.41, 5.74) is 7.25. The molecule has 0 heterocycles. The molecule has 1 aliphatic rings. The first-order chi connectivity index (χ1) is 8.15. The van der Waals surface area contributed by atoms with Crippen molar-refractivity contribution >= 4 is 0 Å². The molecule has 1 aliphatic carbocycles. The van der Waals surface area contributed by atoms with Crippen LogP contribution >= 0.6 is 0 Å². The van der Waals surface area contributed by atoms with Crippen molar-refractivity contribution in [3.05, 3.63) is 58.7 Å². The van der Waals surface area contributed by atoms with Gasteiger partial charge in [-0.1, -0.05) is 47.5 Å². The van der Waals surface area contributed by atoms with Gasteiger partial charge < -0.3 is 5.11 Å². The molecule has 0 bridgehead atoms. The van der Waals surface area contributed by atoms with Crippen LogP contribution in [0.3, 0.4) is 0 Å². The monoisotopic (exact) mass is 224 g/mol. The van der Waals surface area contributed by atoms with Crippen LogP contribution in [0.2, 0.25) is 0 Å². The second-order valence-corrected chi connectivity index (χ2v) is 4.97. The normalized spacial score (nSPS) is 17.5. The quantitative estimate of drug-likeness (QED) is 0.725. The van der Waals surface area contributed by atoms with E-state index in [0.29, 0.717) is 0 Å². The minimum absolute atomic E-state index is 0.362. The van der Waals surface area contributed by atoms with Gasteiger partial charge in [0.25, 0.3) is 0 Å². The minimum Gasteiger partial charge on any atom is -0.388 e. The van der Waals surface area contributed by atoms with Gasteiger partial charge in [-0.05, 0) is 36.1 Å². The van der Waals surface area contributed by atoms with E-state index in [-0.39, 0.29) is 6.10 Å². The molecule has 2 aromatic carbocycles. The summed E-state index contributed by atoms with van der Waals surface area (Å²) >= 11 is 0. The Labute approximate surface area is 102 Å². The summed E-state index contributed by atoms with van der Waals surface area (Å²) < 4.78 is 0. The molecule has 1 atom stereocenters. The third-order valence-electron chi connectivity index (χ3n) is 3.53. The molecule has 0 radical (unpaired) electrons. The maximum Gasteiger partial charge on any atom is 0.0836 e. The first-order valence-electron chi connectivity index (χ1n) is 6.03. The van der Waals surface area contributed by atoms with Crippen LogP contribution in [0.5, 0.6) is 0 Å². The second-order valence-electron chi connectivity index (χ2n) is 4.97. The third kappa shape index (κ3) is 1.67. The van der Waals surface area contributed by atoms with E-state index in [2.05, 4.69) is 50.2 Å². The molecule has 86 valence electrons. The van der Waals surface area contributed by atoms with Crippen LogP contribution in [0.4, 0.5) is 0 Å². The van der Waals surface area contributed by atoms with Gasteiger partial charge in [0.05, 0.1) is 6.10 Å². The molecule has 0 amide bonds. The smallest absolute Gasteiger partial charge is 0.0836 e. The zero-order valence-corrected chi connectivity index (χ0v) is 10.2. The van der Waals surface area contributed by atoms with Crippen LogP contribution < -0.4 is 0 Å². The van der Waals surface area contributed by atoms with Gasteiger partial charge in [-0.2, -0.15) is 0 Å². The lowest BCUT2D eigenvalue weighted by atomic mass is 9.82. The summed E-state index contributed by atoms with van der Waals surface area (Å²) in [5.74, 6) is 0. The van der Waals surface area contributed by atoms with Gasteiger partial charge in [-0.25, -0.2) is 0 Å². The van der Waals surface area contributed by atoms with Crippen LogP contribution in [0.15, 0.2) is 36.4 Å². The Bertz CT molecular complexity index is 584. The van der Waals surface area contributed by atoms with Crippen LogP contribution in [0.1, 0.15) is 28.4 Å². The van der Waals surface area contributed by atoms with Crippen molar-refractivity contribution in [3.8, 4) is 11.1 Å². The molecule has 0 aromatic heterocycles. The van der Waals surface area contributed by atoms with Crippen LogP contribution in [0, 0.1) is 13.8 Å². The van der Waals surface area contributed by atoms with Crippen molar-refractivity contribution in [2.45, 2.75) is 26.4 Å². The first-order valence-corrected chi connectivity index (χ1v) is 6.03. The summed E-state index contributed by atoms with van der Waals surface area (Å²) in [6.07, 6.45) is 0.368. The van der Waals surface area contributed by atoms with E-state index < -0.39 is 0 Å². The van der Waals surface area contributed by atoms with Crippen molar-refractivity contribution in [3.63, 3.8) is 0 Å². The lowest BCUT2D eigenvalue weighted by Gasteiger charge is -2.25. The molecule has 1 N–H and O–H groups in total. The standard InChI is InChI=1S/C16H16O/c1-10-3-5-13-12(7-10)9-16(17)15-8-11(2)4-6-14(13)15/h3-8,16-17H,9H2,1-2H3. The molecule has 0 saturated carbocycles. The van der Waals surface area contributed by atoms with E-state index >= 15 is 0 Å². The summed E-state index contributed by atoms with van der Waals surface area (Å²) in [5, 5.41) is 10.2. The molecular weight excluding hydrogens is 208 g/mol. The van der Waals surface area contributed by atoms with Crippen molar-refractivity contribution in [2.24, 2.45) is 0 Å². The number of benzene rings is 2. The van der Waals surface area contributed by atoms with Crippen LogP contribution in [0.25, 0.3) is 11.1 Å². The Hall–Kier alpha value is -1.60. The summed E-state index contributed by atoms with van der Waals surface area (Å²) in [6, 6.07) is 12.8. The highest BCUT2D eigenvalue weighted by Crippen LogP contribution is 2.39. The SMILES string of the molecule is Cc1ccc2c(c1)CC(O)c1cc(C)ccc1-2. The predicted octanol–water partition coefficient (Wildman–Crippen LogP) is 3.56. The van der Waals surface area contributed by atoms with Gasteiger partial charge in [-0.15, -0.1) is 0 Å². The zero-order valence-electron chi connectivity index (χ0n) is 10.2. The third-order valence-corrected chi connectivity index (χ3v) is 3.53. The largest absolute Gasteiger partial charge is 0.388 e. The highest BCUT2D eigenvalue weighted by molar-refractivity contribution is 5.74. The molecule has 2 aromatic rings.